The van der Waals surface area contributed by atoms with Gasteiger partial charge in [0.05, 0.1) is 24.0 Å². The molecule has 8 nitrogen and oxygen atoms in total. The van der Waals surface area contributed by atoms with Crippen molar-refractivity contribution in [3.8, 4) is 17.0 Å². The van der Waals surface area contributed by atoms with Crippen LogP contribution in [0.2, 0.25) is 0 Å². The van der Waals surface area contributed by atoms with Crippen LogP contribution in [-0.2, 0) is 0 Å². The SMILES string of the molecule is CC(C)C(=O)c1cc2nc(N3CCC(Oc4ccc(F)cc4F)CC3)c(-c3cnn(C4CC4)c3)nc2cn1. The minimum absolute atomic E-state index is 0.0453. The lowest BCUT2D eigenvalue weighted by Gasteiger charge is -2.33. The number of fused-ring (bicyclic) bond motifs is 1. The van der Waals surface area contributed by atoms with Gasteiger partial charge in [-0.25, -0.2) is 18.7 Å². The van der Waals surface area contributed by atoms with E-state index in [-0.39, 0.29) is 23.6 Å². The molecule has 6 rings (SSSR count). The fourth-order valence-corrected chi connectivity index (χ4v) is 4.73. The number of ketones is 1. The van der Waals surface area contributed by atoms with Crippen LogP contribution in [0.5, 0.6) is 5.75 Å². The number of carbonyl (C=O) groups is 1. The third-order valence-electron chi connectivity index (χ3n) is 7.03. The molecule has 0 unspecified atom stereocenters. The molecule has 4 heterocycles. The van der Waals surface area contributed by atoms with Gasteiger partial charge >= 0.3 is 0 Å². The summed E-state index contributed by atoms with van der Waals surface area (Å²) >= 11 is 0. The zero-order chi connectivity index (χ0) is 26.4. The van der Waals surface area contributed by atoms with Crippen LogP contribution in [0.1, 0.15) is 56.1 Å². The molecular formula is C28H28F2N6O2. The fourth-order valence-electron chi connectivity index (χ4n) is 4.73. The third-order valence-corrected chi connectivity index (χ3v) is 7.03. The maximum Gasteiger partial charge on any atom is 0.183 e. The molecule has 0 atom stereocenters. The molecule has 2 aliphatic rings. The normalized spacial score (nSPS) is 16.4. The summed E-state index contributed by atoms with van der Waals surface area (Å²) in [6.07, 6.45) is 8.72. The van der Waals surface area contributed by atoms with Crippen molar-refractivity contribution in [2.75, 3.05) is 18.0 Å². The monoisotopic (exact) mass is 518 g/mol. The van der Waals surface area contributed by atoms with Gasteiger partial charge in [-0.3, -0.25) is 14.5 Å². The summed E-state index contributed by atoms with van der Waals surface area (Å²) in [5.74, 6) is -0.804. The predicted molar refractivity (Wildman–Crippen MR) is 138 cm³/mol. The van der Waals surface area contributed by atoms with Crippen LogP contribution < -0.4 is 9.64 Å². The first-order chi connectivity index (χ1) is 18.4. The maximum absolute atomic E-state index is 14.1. The number of rotatable bonds is 7. The Balaban J connectivity index is 1.31. The summed E-state index contributed by atoms with van der Waals surface area (Å²) in [6.45, 7) is 4.91. The van der Waals surface area contributed by atoms with Crippen molar-refractivity contribution in [1.29, 1.82) is 0 Å². The number of hydrogen-bond acceptors (Lipinski definition) is 7. The largest absolute Gasteiger partial charge is 0.487 e. The molecule has 0 N–H and O–H groups in total. The van der Waals surface area contributed by atoms with Gasteiger partial charge in [-0.05, 0) is 31.0 Å². The first-order valence-corrected chi connectivity index (χ1v) is 13.0. The molecule has 1 aromatic carbocycles. The lowest BCUT2D eigenvalue weighted by Crippen LogP contribution is -2.39. The van der Waals surface area contributed by atoms with Gasteiger partial charge in [0.1, 0.15) is 28.8 Å². The van der Waals surface area contributed by atoms with Crippen molar-refractivity contribution >= 4 is 22.6 Å². The Bertz CT molecular complexity index is 1510. The molecule has 38 heavy (non-hydrogen) atoms. The lowest BCUT2D eigenvalue weighted by atomic mass is 10.1. The van der Waals surface area contributed by atoms with E-state index in [2.05, 4.69) is 15.0 Å². The van der Waals surface area contributed by atoms with E-state index < -0.39 is 11.6 Å². The minimum atomic E-state index is -0.705. The second kappa shape index (κ2) is 9.74. The van der Waals surface area contributed by atoms with E-state index in [0.29, 0.717) is 60.2 Å². The van der Waals surface area contributed by atoms with Crippen molar-refractivity contribution in [3.05, 3.63) is 60.2 Å². The van der Waals surface area contributed by atoms with E-state index in [0.717, 1.165) is 24.5 Å². The van der Waals surface area contributed by atoms with Crippen LogP contribution in [0.3, 0.4) is 0 Å². The van der Waals surface area contributed by atoms with Gasteiger partial charge in [-0.2, -0.15) is 5.10 Å². The Morgan fingerprint density at radius 1 is 1.03 bits per heavy atom. The molecule has 196 valence electrons. The van der Waals surface area contributed by atoms with Crippen molar-refractivity contribution in [2.45, 2.75) is 51.7 Å². The number of nitrogens with zero attached hydrogens (tertiary/aromatic N) is 6. The first kappa shape index (κ1) is 24.4. The summed E-state index contributed by atoms with van der Waals surface area (Å²) < 4.78 is 35.2. The number of hydrogen-bond donors (Lipinski definition) is 0. The number of carbonyl (C=O) groups excluding carboxylic acids is 1. The number of pyridine rings is 1. The molecule has 0 amide bonds. The Hall–Kier alpha value is -3.95. The Kier molecular flexibility index (Phi) is 6.25. The van der Waals surface area contributed by atoms with Crippen LogP contribution in [-0.4, -0.2) is 49.7 Å². The molecule has 1 saturated carbocycles. The molecular weight excluding hydrogens is 490 g/mol. The predicted octanol–water partition coefficient (Wildman–Crippen LogP) is 5.39. The van der Waals surface area contributed by atoms with Crippen LogP contribution >= 0.6 is 0 Å². The van der Waals surface area contributed by atoms with Crippen molar-refractivity contribution in [1.82, 2.24) is 24.7 Å². The average Bonchev–Trinajstić information content (AvgIpc) is 3.65. The smallest absolute Gasteiger partial charge is 0.183 e. The molecule has 0 bridgehead atoms. The van der Waals surface area contributed by atoms with E-state index in [1.54, 1.807) is 12.3 Å². The zero-order valence-corrected chi connectivity index (χ0v) is 21.3. The number of benzene rings is 1. The summed E-state index contributed by atoms with van der Waals surface area (Å²) in [5.41, 5.74) is 3.15. The van der Waals surface area contributed by atoms with Gasteiger partial charge in [-0.1, -0.05) is 13.8 Å². The Labute approximate surface area is 218 Å². The average molecular weight is 519 g/mol. The topological polar surface area (TPSA) is 86.0 Å². The first-order valence-electron chi connectivity index (χ1n) is 13.0. The zero-order valence-electron chi connectivity index (χ0n) is 21.3. The van der Waals surface area contributed by atoms with Crippen LogP contribution in [0.4, 0.5) is 14.6 Å². The van der Waals surface area contributed by atoms with Crippen molar-refractivity contribution in [3.63, 3.8) is 0 Å². The molecule has 1 aliphatic carbocycles. The van der Waals surface area contributed by atoms with Crippen LogP contribution in [0.15, 0.2) is 42.9 Å². The minimum Gasteiger partial charge on any atom is -0.487 e. The van der Waals surface area contributed by atoms with E-state index >= 15 is 0 Å². The molecule has 1 saturated heterocycles. The van der Waals surface area contributed by atoms with Gasteiger partial charge in [0.25, 0.3) is 0 Å². The number of aromatic nitrogens is 5. The van der Waals surface area contributed by atoms with Gasteiger partial charge in [0, 0.05) is 49.7 Å². The van der Waals surface area contributed by atoms with Gasteiger partial charge in [-0.15, -0.1) is 0 Å². The van der Waals surface area contributed by atoms with Gasteiger partial charge in [0.2, 0.25) is 0 Å². The number of piperidine rings is 1. The molecule has 0 spiro atoms. The number of anilines is 1. The van der Waals surface area contributed by atoms with E-state index in [4.69, 9.17) is 14.7 Å². The summed E-state index contributed by atoms with van der Waals surface area (Å²) in [6, 6.07) is 5.49. The lowest BCUT2D eigenvalue weighted by molar-refractivity contribution is 0.0934. The standard InChI is InChI=1S/C28H28F2N6O2/c1-16(2)27(37)23-12-22-24(14-31-23)33-26(17-13-32-36(15-17)19-4-5-19)28(34-22)35-9-7-20(8-10-35)38-25-6-3-18(29)11-21(25)30/h3,6,11-16,19-20H,4-5,7-10H2,1-2H3. The van der Waals surface area contributed by atoms with E-state index in [1.807, 2.05) is 30.9 Å². The van der Waals surface area contributed by atoms with E-state index in [1.165, 1.54) is 12.1 Å². The van der Waals surface area contributed by atoms with Crippen LogP contribution in [0, 0.1) is 17.6 Å². The molecule has 0 radical (unpaired) electrons. The molecule has 1 aliphatic heterocycles. The summed E-state index contributed by atoms with van der Waals surface area (Å²) in [4.78, 5) is 29.0. The highest BCUT2D eigenvalue weighted by molar-refractivity contribution is 5.98. The Morgan fingerprint density at radius 2 is 1.82 bits per heavy atom. The number of Topliss-reactive ketones (excluding diaryl/α,β-unsaturated/α-hetero) is 1. The fraction of sp³-hybridized carbons (Fsp3) is 0.393. The van der Waals surface area contributed by atoms with Crippen LogP contribution in [0.25, 0.3) is 22.3 Å². The van der Waals surface area contributed by atoms with Crippen molar-refractivity contribution < 1.29 is 18.3 Å². The quantitative estimate of drug-likeness (QED) is 0.303. The number of ether oxygens (including phenoxy) is 1. The highest BCUT2D eigenvalue weighted by Gasteiger charge is 2.28. The molecule has 2 fully saturated rings. The molecule has 10 heteroatoms. The molecule has 4 aromatic rings. The highest BCUT2D eigenvalue weighted by Crippen LogP contribution is 2.37. The number of halogens is 2. The van der Waals surface area contributed by atoms with Gasteiger partial charge in [0.15, 0.2) is 23.2 Å². The third kappa shape index (κ3) is 4.82. The maximum atomic E-state index is 14.1. The Morgan fingerprint density at radius 3 is 2.53 bits per heavy atom. The van der Waals surface area contributed by atoms with E-state index in [9.17, 15) is 13.6 Å². The second-order valence-corrected chi connectivity index (χ2v) is 10.3. The van der Waals surface area contributed by atoms with Gasteiger partial charge < -0.3 is 9.64 Å². The highest BCUT2D eigenvalue weighted by atomic mass is 19.1. The summed E-state index contributed by atoms with van der Waals surface area (Å²) in [7, 11) is 0. The summed E-state index contributed by atoms with van der Waals surface area (Å²) in [5, 5.41) is 4.54. The second-order valence-electron chi connectivity index (χ2n) is 10.3. The molecule has 3 aromatic heterocycles. The van der Waals surface area contributed by atoms with Crippen molar-refractivity contribution in [2.24, 2.45) is 5.92 Å².